The monoisotopic (exact) mass is 401 g/mol. The van der Waals surface area contributed by atoms with Gasteiger partial charge in [-0.3, -0.25) is 8.78 Å². The molecular weight excluding hydrogens is 374 g/mol. The van der Waals surface area contributed by atoms with Crippen molar-refractivity contribution in [2.75, 3.05) is 36.1 Å². The minimum atomic E-state index is -0.843. The molecule has 4 rings (SSSR count). The molecule has 1 aliphatic heterocycles. The van der Waals surface area contributed by atoms with Gasteiger partial charge < -0.3 is 14.2 Å². The average Bonchev–Trinajstić information content (AvgIpc) is 3.27. The lowest BCUT2D eigenvalue weighted by atomic mass is 10.1. The summed E-state index contributed by atoms with van der Waals surface area (Å²) in [5, 5.41) is 10.3. The van der Waals surface area contributed by atoms with Gasteiger partial charge in [-0.2, -0.15) is 0 Å². The van der Waals surface area contributed by atoms with Crippen LogP contribution in [0.15, 0.2) is 30.5 Å². The summed E-state index contributed by atoms with van der Waals surface area (Å²) in [4.78, 5) is 2.23. The van der Waals surface area contributed by atoms with E-state index in [0.29, 0.717) is 24.7 Å². The minimum absolute atomic E-state index is 0.157. The summed E-state index contributed by atoms with van der Waals surface area (Å²) >= 11 is 0. The van der Waals surface area contributed by atoms with Crippen molar-refractivity contribution in [2.45, 2.75) is 26.5 Å². The Bertz CT molecular complexity index is 996. The SMILES string of the molecule is CCS(=O)CCn1c(-c2cn(C)c3ccccc23)nnc1N1CCOC(C)C1. The molecule has 1 saturated heterocycles. The van der Waals surface area contributed by atoms with Crippen LogP contribution in [0.2, 0.25) is 0 Å². The summed E-state index contributed by atoms with van der Waals surface area (Å²) in [7, 11) is 1.20. The molecule has 0 aliphatic carbocycles. The molecule has 1 aliphatic rings. The molecule has 0 spiro atoms. The lowest BCUT2D eigenvalue weighted by Crippen LogP contribution is -2.42. The number of aromatic nitrogens is 4. The summed E-state index contributed by atoms with van der Waals surface area (Å²) in [5.41, 5.74) is 2.21. The number of aryl methyl sites for hydroxylation is 1. The first-order valence-corrected chi connectivity index (χ1v) is 11.3. The highest BCUT2D eigenvalue weighted by atomic mass is 32.2. The number of rotatable bonds is 6. The molecule has 0 amide bonds. The summed E-state index contributed by atoms with van der Waals surface area (Å²) < 4.78 is 22.1. The van der Waals surface area contributed by atoms with Gasteiger partial charge in [-0.25, -0.2) is 0 Å². The fourth-order valence-electron chi connectivity index (χ4n) is 3.79. The molecule has 7 nitrogen and oxygen atoms in total. The normalized spacial score (nSPS) is 18.7. The fourth-order valence-corrected chi connectivity index (χ4v) is 4.47. The maximum Gasteiger partial charge on any atom is 0.227 e. The Morgan fingerprint density at radius 1 is 1.29 bits per heavy atom. The first-order chi connectivity index (χ1) is 13.6. The van der Waals surface area contributed by atoms with Crippen molar-refractivity contribution in [1.29, 1.82) is 0 Å². The number of hydrogen-bond acceptors (Lipinski definition) is 5. The van der Waals surface area contributed by atoms with Crippen LogP contribution in [0.3, 0.4) is 0 Å². The molecule has 0 N–H and O–H groups in total. The van der Waals surface area contributed by atoms with Crippen LogP contribution in [0.25, 0.3) is 22.3 Å². The molecule has 8 heteroatoms. The van der Waals surface area contributed by atoms with Crippen molar-refractivity contribution in [3.8, 4) is 11.4 Å². The number of ether oxygens (including phenoxy) is 1. The zero-order valence-electron chi connectivity index (χ0n) is 16.7. The van der Waals surface area contributed by atoms with Gasteiger partial charge in [-0.05, 0) is 13.0 Å². The smallest absolute Gasteiger partial charge is 0.227 e. The third-order valence-electron chi connectivity index (χ3n) is 5.26. The summed E-state index contributed by atoms with van der Waals surface area (Å²) in [5.74, 6) is 2.93. The van der Waals surface area contributed by atoms with E-state index in [0.717, 1.165) is 41.3 Å². The third-order valence-corrected chi connectivity index (χ3v) is 6.54. The number of anilines is 1. The molecular formula is C20H27N5O2S. The van der Waals surface area contributed by atoms with E-state index in [2.05, 4.69) is 49.5 Å². The average molecular weight is 402 g/mol. The molecule has 150 valence electrons. The quantitative estimate of drug-likeness (QED) is 0.635. The summed E-state index contributed by atoms with van der Waals surface area (Å²) in [6.45, 7) is 6.91. The Morgan fingerprint density at radius 3 is 2.89 bits per heavy atom. The van der Waals surface area contributed by atoms with E-state index in [-0.39, 0.29) is 6.10 Å². The van der Waals surface area contributed by atoms with Gasteiger partial charge in [-0.15, -0.1) is 10.2 Å². The predicted molar refractivity (Wildman–Crippen MR) is 113 cm³/mol. The highest BCUT2D eigenvalue weighted by Gasteiger charge is 2.25. The van der Waals surface area contributed by atoms with Crippen molar-refractivity contribution >= 4 is 27.7 Å². The largest absolute Gasteiger partial charge is 0.375 e. The number of para-hydroxylation sites is 1. The van der Waals surface area contributed by atoms with E-state index in [1.807, 2.05) is 26.1 Å². The van der Waals surface area contributed by atoms with Crippen molar-refractivity contribution in [1.82, 2.24) is 19.3 Å². The van der Waals surface area contributed by atoms with E-state index in [1.165, 1.54) is 0 Å². The van der Waals surface area contributed by atoms with Crippen LogP contribution in [0.4, 0.5) is 5.95 Å². The first kappa shape index (κ1) is 19.1. The second-order valence-electron chi connectivity index (χ2n) is 7.21. The van der Waals surface area contributed by atoms with E-state index < -0.39 is 10.8 Å². The molecule has 28 heavy (non-hydrogen) atoms. The molecule has 1 aromatic carbocycles. The summed E-state index contributed by atoms with van der Waals surface area (Å²) in [6.07, 6.45) is 2.26. The Hall–Kier alpha value is -2.19. The van der Waals surface area contributed by atoms with Crippen molar-refractivity contribution < 1.29 is 8.95 Å². The fraction of sp³-hybridized carbons (Fsp3) is 0.500. The standard InChI is InChI=1S/C20H27N5O2S/c1-4-28(26)12-10-25-19(17-14-23(3)18-8-6-5-7-16(17)18)21-22-20(25)24-9-11-27-15(2)13-24/h5-8,14-15H,4,9-13H2,1-3H3. The number of benzene rings is 1. The number of morpholine rings is 1. The van der Waals surface area contributed by atoms with Gasteiger partial charge in [-0.1, -0.05) is 25.1 Å². The molecule has 2 aromatic heterocycles. The molecule has 0 radical (unpaired) electrons. The topological polar surface area (TPSA) is 65.2 Å². The van der Waals surface area contributed by atoms with Gasteiger partial charge in [0.1, 0.15) is 0 Å². The Kier molecular flexibility index (Phi) is 5.50. The highest BCUT2D eigenvalue weighted by Crippen LogP contribution is 2.31. The maximum absolute atomic E-state index is 12.1. The molecule has 0 saturated carbocycles. The number of nitrogens with zero attached hydrogens (tertiary/aromatic N) is 5. The molecule has 1 fully saturated rings. The van der Waals surface area contributed by atoms with Crippen molar-refractivity contribution in [3.63, 3.8) is 0 Å². The van der Waals surface area contributed by atoms with Crippen LogP contribution < -0.4 is 4.90 Å². The molecule has 3 heterocycles. The third kappa shape index (κ3) is 3.58. The van der Waals surface area contributed by atoms with Crippen molar-refractivity contribution in [3.05, 3.63) is 30.5 Å². The Balaban J connectivity index is 1.78. The van der Waals surface area contributed by atoms with Crippen LogP contribution in [-0.2, 0) is 29.1 Å². The van der Waals surface area contributed by atoms with Crippen LogP contribution in [0.5, 0.6) is 0 Å². The minimum Gasteiger partial charge on any atom is -0.375 e. The Morgan fingerprint density at radius 2 is 2.11 bits per heavy atom. The van der Waals surface area contributed by atoms with E-state index >= 15 is 0 Å². The van der Waals surface area contributed by atoms with Crippen LogP contribution in [0.1, 0.15) is 13.8 Å². The molecule has 3 aromatic rings. The van der Waals surface area contributed by atoms with Gasteiger partial charge in [0.25, 0.3) is 0 Å². The lowest BCUT2D eigenvalue weighted by Gasteiger charge is -2.32. The van der Waals surface area contributed by atoms with Gasteiger partial charge in [0.2, 0.25) is 5.95 Å². The molecule has 2 atom stereocenters. The van der Waals surface area contributed by atoms with Crippen LogP contribution >= 0.6 is 0 Å². The first-order valence-electron chi connectivity index (χ1n) is 9.77. The predicted octanol–water partition coefficient (Wildman–Crippen LogP) is 2.43. The van der Waals surface area contributed by atoms with E-state index in [4.69, 9.17) is 4.74 Å². The number of hydrogen-bond donors (Lipinski definition) is 0. The van der Waals surface area contributed by atoms with Gasteiger partial charge in [0, 0.05) is 71.7 Å². The number of fused-ring (bicyclic) bond motifs is 1. The summed E-state index contributed by atoms with van der Waals surface area (Å²) in [6, 6.07) is 8.31. The zero-order valence-corrected chi connectivity index (χ0v) is 17.5. The van der Waals surface area contributed by atoms with Crippen molar-refractivity contribution in [2.24, 2.45) is 7.05 Å². The van der Waals surface area contributed by atoms with Gasteiger partial charge in [0.05, 0.1) is 12.7 Å². The van der Waals surface area contributed by atoms with E-state index in [9.17, 15) is 4.21 Å². The van der Waals surface area contributed by atoms with Crippen LogP contribution in [0, 0.1) is 0 Å². The zero-order chi connectivity index (χ0) is 19.7. The maximum atomic E-state index is 12.1. The van der Waals surface area contributed by atoms with Crippen LogP contribution in [-0.4, -0.2) is 60.8 Å². The Labute approximate surface area is 167 Å². The molecule has 2 unspecified atom stereocenters. The van der Waals surface area contributed by atoms with Gasteiger partial charge in [0.15, 0.2) is 5.82 Å². The highest BCUT2D eigenvalue weighted by molar-refractivity contribution is 7.84. The second kappa shape index (κ2) is 8.05. The van der Waals surface area contributed by atoms with Gasteiger partial charge >= 0.3 is 0 Å². The molecule has 0 bridgehead atoms. The second-order valence-corrected chi connectivity index (χ2v) is 9.07. The van der Waals surface area contributed by atoms with E-state index in [1.54, 1.807) is 0 Å². The lowest BCUT2D eigenvalue weighted by molar-refractivity contribution is 0.0524.